The van der Waals surface area contributed by atoms with Crippen molar-refractivity contribution < 1.29 is 4.79 Å². The second kappa shape index (κ2) is 4.92. The zero-order valence-electron chi connectivity index (χ0n) is 5.18. The molecule has 0 rings (SSSR count). The van der Waals surface area contributed by atoms with Crippen LogP contribution in [-0.2, 0) is 4.79 Å². The molecule has 0 bridgehead atoms. The Balaban J connectivity index is 3.19. The van der Waals surface area contributed by atoms with E-state index >= 15 is 0 Å². The highest BCUT2D eigenvalue weighted by Gasteiger charge is 1.88. The molecule has 0 aromatic heterocycles. The van der Waals surface area contributed by atoms with E-state index in [1.54, 1.807) is 6.08 Å². The number of hydrogen-bond acceptors (Lipinski definition) is 1. The second-order valence-corrected chi connectivity index (χ2v) is 1.48. The fourth-order valence-corrected chi connectivity index (χ4v) is 0.339. The van der Waals surface area contributed by atoms with Gasteiger partial charge in [0, 0.05) is 6.54 Å². The molecular weight excluding hydrogens is 114 g/mol. The Morgan fingerprint density at radius 3 is 3.00 bits per heavy atom. The molecule has 0 fully saturated rings. The molecule has 0 saturated carbocycles. The molecule has 2 nitrogen and oxygen atoms in total. The zero-order chi connectivity index (χ0) is 7.11. The Hall–Kier alpha value is -1.23. The van der Waals surface area contributed by atoms with Gasteiger partial charge in [-0.2, -0.15) is 0 Å². The van der Waals surface area contributed by atoms with Crippen molar-refractivity contribution in [2.24, 2.45) is 0 Å². The van der Waals surface area contributed by atoms with E-state index in [4.69, 9.17) is 6.42 Å². The van der Waals surface area contributed by atoms with Crippen LogP contribution in [-0.4, -0.2) is 12.5 Å². The topological polar surface area (TPSA) is 29.1 Å². The molecule has 0 saturated heterocycles. The summed E-state index contributed by atoms with van der Waals surface area (Å²) in [4.78, 5) is 10.3. The molecule has 0 aliphatic carbocycles. The molecule has 48 valence electrons. The molecule has 2 heteroatoms. The maximum atomic E-state index is 10.3. The number of rotatable bonds is 3. The van der Waals surface area contributed by atoms with Gasteiger partial charge in [-0.3, -0.25) is 4.79 Å². The van der Waals surface area contributed by atoms with Crippen LogP contribution in [0.5, 0.6) is 0 Å². The van der Waals surface area contributed by atoms with E-state index in [0.717, 1.165) is 6.42 Å². The predicted octanol–water partition coefficient (Wildman–Crippen LogP) is 0.312. The van der Waals surface area contributed by atoms with Gasteiger partial charge in [-0.15, -0.1) is 13.0 Å². The summed E-state index contributed by atoms with van der Waals surface area (Å²) in [6.07, 6.45) is 7.24. The molecule has 0 aliphatic heterocycles. The summed E-state index contributed by atoms with van der Waals surface area (Å²) in [6, 6.07) is 0. The largest absolute Gasteiger partial charge is 0.345 e. The van der Waals surface area contributed by atoms with E-state index in [-0.39, 0.29) is 5.91 Å². The van der Waals surface area contributed by atoms with Crippen LogP contribution in [0.1, 0.15) is 6.42 Å². The SMILES string of the molecule is C#CC(=O)NCCC=C. The highest BCUT2D eigenvalue weighted by Crippen LogP contribution is 1.73. The minimum absolute atomic E-state index is 0.364. The molecule has 9 heavy (non-hydrogen) atoms. The third-order valence-electron chi connectivity index (χ3n) is 0.765. The smallest absolute Gasteiger partial charge is 0.295 e. The number of carbonyl (C=O) groups excluding carboxylic acids is 1. The van der Waals surface area contributed by atoms with Gasteiger partial charge in [0.25, 0.3) is 5.91 Å². The molecular formula is C7H9NO. The second-order valence-electron chi connectivity index (χ2n) is 1.48. The van der Waals surface area contributed by atoms with Crippen molar-refractivity contribution in [3.8, 4) is 12.3 Å². The first-order valence-electron chi connectivity index (χ1n) is 2.66. The van der Waals surface area contributed by atoms with Crippen LogP contribution < -0.4 is 5.32 Å². The number of terminal acetylenes is 1. The first-order chi connectivity index (χ1) is 4.31. The van der Waals surface area contributed by atoms with E-state index < -0.39 is 0 Å². The maximum absolute atomic E-state index is 10.3. The van der Waals surface area contributed by atoms with Crippen molar-refractivity contribution in [3.05, 3.63) is 12.7 Å². The molecule has 0 unspecified atom stereocenters. The van der Waals surface area contributed by atoms with E-state index in [1.165, 1.54) is 0 Å². The molecule has 0 spiro atoms. The summed E-state index contributed by atoms with van der Waals surface area (Å²) < 4.78 is 0. The summed E-state index contributed by atoms with van der Waals surface area (Å²) in [5.41, 5.74) is 0. The quantitative estimate of drug-likeness (QED) is 0.326. The molecule has 0 atom stereocenters. The Morgan fingerprint density at radius 1 is 1.89 bits per heavy atom. The average molecular weight is 123 g/mol. The van der Waals surface area contributed by atoms with Gasteiger partial charge in [0.1, 0.15) is 0 Å². The van der Waals surface area contributed by atoms with Gasteiger partial charge in [0.05, 0.1) is 0 Å². The Morgan fingerprint density at radius 2 is 2.56 bits per heavy atom. The van der Waals surface area contributed by atoms with E-state index in [9.17, 15) is 4.79 Å². The summed E-state index contributed by atoms with van der Waals surface area (Å²) in [6.45, 7) is 4.06. The van der Waals surface area contributed by atoms with Crippen LogP contribution in [0.4, 0.5) is 0 Å². The molecule has 0 aromatic carbocycles. The van der Waals surface area contributed by atoms with Gasteiger partial charge in [-0.25, -0.2) is 0 Å². The van der Waals surface area contributed by atoms with Crippen molar-refractivity contribution in [1.29, 1.82) is 0 Å². The Labute approximate surface area is 54.9 Å². The summed E-state index contributed by atoms with van der Waals surface area (Å²) in [5.74, 6) is 1.58. The molecule has 0 aliphatic rings. The fraction of sp³-hybridized carbons (Fsp3) is 0.286. The number of carbonyl (C=O) groups is 1. The molecule has 0 aromatic rings. The van der Waals surface area contributed by atoms with Crippen LogP contribution in [0, 0.1) is 12.3 Å². The number of amides is 1. The van der Waals surface area contributed by atoms with Gasteiger partial charge in [0.15, 0.2) is 0 Å². The van der Waals surface area contributed by atoms with Crippen LogP contribution in [0.3, 0.4) is 0 Å². The average Bonchev–Trinajstić information content (AvgIpc) is 1.89. The lowest BCUT2D eigenvalue weighted by Crippen LogP contribution is -2.21. The highest BCUT2D eigenvalue weighted by atomic mass is 16.1. The van der Waals surface area contributed by atoms with Gasteiger partial charge in [-0.1, -0.05) is 6.08 Å². The first kappa shape index (κ1) is 7.77. The van der Waals surface area contributed by atoms with Gasteiger partial charge >= 0.3 is 0 Å². The zero-order valence-corrected chi connectivity index (χ0v) is 5.18. The van der Waals surface area contributed by atoms with Crippen LogP contribution >= 0.6 is 0 Å². The minimum Gasteiger partial charge on any atom is -0.345 e. The van der Waals surface area contributed by atoms with E-state index in [2.05, 4.69) is 11.9 Å². The summed E-state index contributed by atoms with van der Waals surface area (Å²) >= 11 is 0. The Kier molecular flexibility index (Phi) is 4.25. The van der Waals surface area contributed by atoms with Crippen LogP contribution in [0.2, 0.25) is 0 Å². The predicted molar refractivity (Wildman–Crippen MR) is 36.7 cm³/mol. The fourth-order valence-electron chi connectivity index (χ4n) is 0.339. The molecule has 1 N–H and O–H groups in total. The van der Waals surface area contributed by atoms with Crippen molar-refractivity contribution >= 4 is 5.91 Å². The van der Waals surface area contributed by atoms with Crippen molar-refractivity contribution in [2.75, 3.05) is 6.54 Å². The van der Waals surface area contributed by atoms with Gasteiger partial charge < -0.3 is 5.32 Å². The van der Waals surface area contributed by atoms with Gasteiger partial charge in [-0.05, 0) is 12.3 Å². The standard InChI is InChI=1S/C7H9NO/c1-3-5-6-8-7(9)4-2/h2-3H,1,5-6H2,(H,8,9). The summed E-state index contributed by atoms with van der Waals surface area (Å²) in [5, 5.41) is 2.49. The van der Waals surface area contributed by atoms with E-state index in [0.29, 0.717) is 6.54 Å². The first-order valence-corrected chi connectivity index (χ1v) is 2.66. The molecule has 1 amide bonds. The maximum Gasteiger partial charge on any atom is 0.295 e. The van der Waals surface area contributed by atoms with E-state index in [1.807, 2.05) is 5.92 Å². The van der Waals surface area contributed by atoms with Crippen molar-refractivity contribution in [2.45, 2.75) is 6.42 Å². The lowest BCUT2D eigenvalue weighted by atomic mass is 10.4. The highest BCUT2D eigenvalue weighted by molar-refractivity contribution is 5.92. The molecule has 0 radical (unpaired) electrons. The monoisotopic (exact) mass is 123 g/mol. The van der Waals surface area contributed by atoms with Crippen LogP contribution in [0.25, 0.3) is 0 Å². The number of hydrogen-bond donors (Lipinski definition) is 1. The lowest BCUT2D eigenvalue weighted by molar-refractivity contribution is -0.115. The van der Waals surface area contributed by atoms with Crippen molar-refractivity contribution in [3.63, 3.8) is 0 Å². The number of nitrogens with one attached hydrogen (secondary N) is 1. The lowest BCUT2D eigenvalue weighted by Gasteiger charge is -1.93. The third-order valence-corrected chi connectivity index (χ3v) is 0.765. The van der Waals surface area contributed by atoms with Crippen molar-refractivity contribution in [1.82, 2.24) is 5.32 Å². The summed E-state index contributed by atoms with van der Waals surface area (Å²) in [7, 11) is 0. The van der Waals surface area contributed by atoms with Crippen LogP contribution in [0.15, 0.2) is 12.7 Å². The molecule has 0 heterocycles. The normalized spacial score (nSPS) is 7.44. The third kappa shape index (κ3) is 4.63. The van der Waals surface area contributed by atoms with Gasteiger partial charge in [0.2, 0.25) is 0 Å². The Bertz CT molecular complexity index is 143. The minimum atomic E-state index is -0.364.